The van der Waals surface area contributed by atoms with Gasteiger partial charge in [-0.15, -0.1) is 6.42 Å². The fraction of sp³-hybridized carbons (Fsp3) is 0.615. The number of hydrogen-bond acceptors (Lipinski definition) is 5. The monoisotopic (exact) mass is 256 g/mol. The van der Waals surface area contributed by atoms with Crippen molar-refractivity contribution in [3.8, 4) is 12.3 Å². The van der Waals surface area contributed by atoms with Gasteiger partial charge in [0.25, 0.3) is 0 Å². The minimum atomic E-state index is -0.402. The average molecular weight is 256 g/mol. The minimum absolute atomic E-state index is 0.219. The lowest BCUT2D eigenvalue weighted by atomic mass is 10.4. The highest BCUT2D eigenvalue weighted by molar-refractivity contribution is 5.86. The molecule has 5 heteroatoms. The Hall–Kier alpha value is -1.35. The molecular formula is C13H20O5. The Morgan fingerprint density at radius 2 is 1.56 bits per heavy atom. The first kappa shape index (κ1) is 16.6. The van der Waals surface area contributed by atoms with Gasteiger partial charge < -0.3 is 18.9 Å². The molecule has 0 saturated heterocycles. The lowest BCUT2D eigenvalue weighted by Crippen LogP contribution is -2.14. The summed E-state index contributed by atoms with van der Waals surface area (Å²) in [6.45, 7) is 7.79. The van der Waals surface area contributed by atoms with Crippen molar-refractivity contribution in [2.45, 2.75) is 6.92 Å². The topological polar surface area (TPSA) is 54.0 Å². The SMILES string of the molecule is C#CCOCCOCCOCCOC(=O)C(=C)C. The van der Waals surface area contributed by atoms with E-state index in [4.69, 9.17) is 25.4 Å². The van der Waals surface area contributed by atoms with Crippen LogP contribution in [-0.2, 0) is 23.7 Å². The second-order valence-corrected chi connectivity index (χ2v) is 3.40. The summed E-state index contributed by atoms with van der Waals surface area (Å²) in [6.07, 6.45) is 5.00. The van der Waals surface area contributed by atoms with Crippen LogP contribution in [0.3, 0.4) is 0 Å². The van der Waals surface area contributed by atoms with Crippen LogP contribution in [0.4, 0.5) is 0 Å². The van der Waals surface area contributed by atoms with Gasteiger partial charge >= 0.3 is 5.97 Å². The third kappa shape index (κ3) is 11.1. The number of hydrogen-bond donors (Lipinski definition) is 0. The van der Waals surface area contributed by atoms with E-state index in [2.05, 4.69) is 12.5 Å². The number of ether oxygens (including phenoxy) is 4. The summed E-state index contributed by atoms with van der Waals surface area (Å²) in [7, 11) is 0. The zero-order chi connectivity index (χ0) is 13.6. The summed E-state index contributed by atoms with van der Waals surface area (Å²) < 4.78 is 20.2. The van der Waals surface area contributed by atoms with Crippen molar-refractivity contribution in [1.29, 1.82) is 0 Å². The van der Waals surface area contributed by atoms with Gasteiger partial charge in [0, 0.05) is 5.57 Å². The normalized spacial score (nSPS) is 9.78. The Bertz CT molecular complexity index is 280. The summed E-state index contributed by atoms with van der Waals surface area (Å²) in [5.41, 5.74) is 0.380. The van der Waals surface area contributed by atoms with Gasteiger partial charge in [0.2, 0.25) is 0 Å². The van der Waals surface area contributed by atoms with Gasteiger partial charge in [-0.05, 0) is 6.92 Å². The van der Waals surface area contributed by atoms with E-state index in [1.54, 1.807) is 6.92 Å². The molecule has 0 saturated carbocycles. The number of carbonyl (C=O) groups excluding carboxylic acids is 1. The lowest BCUT2D eigenvalue weighted by molar-refractivity contribution is -0.140. The molecule has 0 unspecified atom stereocenters. The van der Waals surface area contributed by atoms with Crippen LogP contribution < -0.4 is 0 Å². The van der Waals surface area contributed by atoms with Crippen molar-refractivity contribution in [2.24, 2.45) is 0 Å². The van der Waals surface area contributed by atoms with Crippen molar-refractivity contribution in [3.05, 3.63) is 12.2 Å². The van der Waals surface area contributed by atoms with Crippen molar-refractivity contribution < 1.29 is 23.7 Å². The molecule has 102 valence electrons. The maximum absolute atomic E-state index is 11.0. The molecule has 0 rings (SSSR count). The predicted molar refractivity (Wildman–Crippen MR) is 67.1 cm³/mol. The van der Waals surface area contributed by atoms with Crippen LogP contribution in [0.15, 0.2) is 12.2 Å². The highest BCUT2D eigenvalue weighted by atomic mass is 16.6. The number of carbonyl (C=O) groups is 1. The summed E-state index contributed by atoms with van der Waals surface area (Å²) >= 11 is 0. The van der Waals surface area contributed by atoms with Crippen LogP contribution in [-0.4, -0.2) is 52.2 Å². The lowest BCUT2D eigenvalue weighted by Gasteiger charge is -2.06. The zero-order valence-electron chi connectivity index (χ0n) is 10.8. The molecule has 0 spiro atoms. The van der Waals surface area contributed by atoms with Gasteiger partial charge in [0.05, 0.1) is 33.0 Å². The van der Waals surface area contributed by atoms with Gasteiger partial charge in [-0.1, -0.05) is 12.5 Å². The molecule has 0 amide bonds. The molecule has 0 aliphatic carbocycles. The minimum Gasteiger partial charge on any atom is -0.460 e. The summed E-state index contributed by atoms with van der Waals surface area (Å²) in [6, 6.07) is 0. The Morgan fingerprint density at radius 1 is 1.06 bits per heavy atom. The first-order chi connectivity index (χ1) is 8.68. The van der Waals surface area contributed by atoms with Crippen molar-refractivity contribution in [3.63, 3.8) is 0 Å². The summed E-state index contributed by atoms with van der Waals surface area (Å²) in [5, 5.41) is 0. The highest BCUT2D eigenvalue weighted by Gasteiger charge is 2.01. The van der Waals surface area contributed by atoms with E-state index in [1.807, 2.05) is 0 Å². The predicted octanol–water partition coefficient (Wildman–Crippen LogP) is 0.789. The van der Waals surface area contributed by atoms with Crippen LogP contribution in [0.5, 0.6) is 0 Å². The van der Waals surface area contributed by atoms with Crippen molar-refractivity contribution in [2.75, 3.05) is 46.2 Å². The molecular weight excluding hydrogens is 236 g/mol. The fourth-order valence-electron chi connectivity index (χ4n) is 0.887. The Kier molecular flexibility index (Phi) is 11.2. The quantitative estimate of drug-likeness (QED) is 0.237. The maximum Gasteiger partial charge on any atom is 0.333 e. The number of terminal acetylenes is 1. The van der Waals surface area contributed by atoms with Crippen LogP contribution in [0, 0.1) is 12.3 Å². The second kappa shape index (κ2) is 12.1. The maximum atomic E-state index is 11.0. The molecule has 0 aromatic heterocycles. The number of rotatable bonds is 11. The molecule has 0 fully saturated rings. The molecule has 0 aromatic carbocycles. The van der Waals surface area contributed by atoms with Crippen LogP contribution in [0.2, 0.25) is 0 Å². The summed E-state index contributed by atoms with van der Waals surface area (Å²) in [5.74, 6) is 1.96. The fourth-order valence-corrected chi connectivity index (χ4v) is 0.887. The van der Waals surface area contributed by atoms with E-state index in [1.165, 1.54) is 0 Å². The standard InChI is InChI=1S/C13H20O5/c1-4-5-15-6-7-16-8-9-17-10-11-18-13(14)12(2)3/h1H,2,5-11H2,3H3. The van der Waals surface area contributed by atoms with E-state index >= 15 is 0 Å². The van der Waals surface area contributed by atoms with Crippen molar-refractivity contribution in [1.82, 2.24) is 0 Å². The smallest absolute Gasteiger partial charge is 0.333 e. The van der Waals surface area contributed by atoms with Crippen LogP contribution >= 0.6 is 0 Å². The molecule has 18 heavy (non-hydrogen) atoms. The van der Waals surface area contributed by atoms with Crippen molar-refractivity contribution >= 4 is 5.97 Å². The van der Waals surface area contributed by atoms with Gasteiger partial charge in [0.1, 0.15) is 13.2 Å². The van der Waals surface area contributed by atoms with E-state index in [-0.39, 0.29) is 6.61 Å². The third-order valence-corrected chi connectivity index (χ3v) is 1.74. The van der Waals surface area contributed by atoms with Gasteiger partial charge in [-0.25, -0.2) is 4.79 Å². The molecule has 0 N–H and O–H groups in total. The van der Waals surface area contributed by atoms with Gasteiger partial charge in [-0.3, -0.25) is 0 Å². The van der Waals surface area contributed by atoms with E-state index in [9.17, 15) is 4.79 Å². The molecule has 0 atom stereocenters. The first-order valence-corrected chi connectivity index (χ1v) is 5.67. The third-order valence-electron chi connectivity index (χ3n) is 1.74. The van der Waals surface area contributed by atoms with Crippen LogP contribution in [0.25, 0.3) is 0 Å². The molecule has 0 bridgehead atoms. The van der Waals surface area contributed by atoms with Crippen LogP contribution in [0.1, 0.15) is 6.92 Å². The second-order valence-electron chi connectivity index (χ2n) is 3.40. The first-order valence-electron chi connectivity index (χ1n) is 5.67. The Balaban J connectivity index is 3.10. The average Bonchev–Trinajstić information content (AvgIpc) is 2.35. The molecule has 0 heterocycles. The Morgan fingerprint density at radius 3 is 2.06 bits per heavy atom. The molecule has 0 aliphatic rings. The summed E-state index contributed by atoms with van der Waals surface area (Å²) in [4.78, 5) is 11.0. The van der Waals surface area contributed by atoms with E-state index < -0.39 is 5.97 Å². The van der Waals surface area contributed by atoms with E-state index in [0.717, 1.165) is 0 Å². The molecule has 0 aromatic rings. The zero-order valence-corrected chi connectivity index (χ0v) is 10.8. The molecule has 5 nitrogen and oxygen atoms in total. The molecule has 0 aliphatic heterocycles. The molecule has 0 radical (unpaired) electrons. The van der Waals surface area contributed by atoms with Gasteiger partial charge in [0.15, 0.2) is 0 Å². The highest BCUT2D eigenvalue weighted by Crippen LogP contribution is 1.91. The Labute approximate surface area is 108 Å². The number of esters is 1. The van der Waals surface area contributed by atoms with E-state index in [0.29, 0.717) is 45.2 Å². The largest absolute Gasteiger partial charge is 0.460 e. The van der Waals surface area contributed by atoms with Gasteiger partial charge in [-0.2, -0.15) is 0 Å².